The van der Waals surface area contributed by atoms with Crippen molar-refractivity contribution in [2.24, 2.45) is 5.73 Å². The third kappa shape index (κ3) is 1.93. The molecular formula is C14H17FN2S. The number of rotatable bonds is 2. The predicted molar refractivity (Wildman–Crippen MR) is 73.4 cm³/mol. The fourth-order valence-electron chi connectivity index (χ4n) is 2.86. The van der Waals surface area contributed by atoms with Crippen molar-refractivity contribution in [2.45, 2.75) is 37.5 Å². The molecule has 1 aliphatic rings. The molecule has 0 bridgehead atoms. The highest BCUT2D eigenvalue weighted by Gasteiger charge is 2.35. The maximum absolute atomic E-state index is 13.2. The maximum Gasteiger partial charge on any atom is 0.125 e. The fraction of sp³-hybridized carbons (Fsp3) is 0.500. The monoisotopic (exact) mass is 264 g/mol. The second-order valence-corrected chi connectivity index (χ2v) is 6.21. The number of nitrogens with zero attached hydrogens (tertiary/aromatic N) is 1. The minimum absolute atomic E-state index is 0.0401. The van der Waals surface area contributed by atoms with E-state index in [1.54, 1.807) is 11.3 Å². The van der Waals surface area contributed by atoms with Crippen LogP contribution in [0.2, 0.25) is 0 Å². The van der Waals surface area contributed by atoms with E-state index in [-0.39, 0.29) is 11.2 Å². The summed E-state index contributed by atoms with van der Waals surface area (Å²) in [4.78, 5) is 4.64. The van der Waals surface area contributed by atoms with Gasteiger partial charge in [-0.25, -0.2) is 9.37 Å². The van der Waals surface area contributed by atoms with Crippen molar-refractivity contribution < 1.29 is 4.39 Å². The quantitative estimate of drug-likeness (QED) is 0.900. The first kappa shape index (κ1) is 12.1. The Morgan fingerprint density at radius 2 is 2.06 bits per heavy atom. The number of benzene rings is 1. The Kier molecular flexibility index (Phi) is 3.08. The molecule has 3 rings (SSSR count). The lowest BCUT2D eigenvalue weighted by molar-refractivity contribution is 0.300. The maximum atomic E-state index is 13.2. The van der Waals surface area contributed by atoms with Crippen LogP contribution in [0.3, 0.4) is 0 Å². The smallest absolute Gasteiger partial charge is 0.125 e. The van der Waals surface area contributed by atoms with Crippen LogP contribution in [-0.4, -0.2) is 11.5 Å². The summed E-state index contributed by atoms with van der Waals surface area (Å²) in [6.45, 7) is 0.648. The molecule has 0 unspecified atom stereocenters. The molecule has 1 saturated carbocycles. The number of nitrogens with two attached hydrogens (primary N) is 1. The van der Waals surface area contributed by atoms with E-state index in [0.717, 1.165) is 28.1 Å². The van der Waals surface area contributed by atoms with E-state index >= 15 is 0 Å². The van der Waals surface area contributed by atoms with Crippen LogP contribution < -0.4 is 5.73 Å². The number of hydrogen-bond donors (Lipinski definition) is 1. The number of fused-ring (bicyclic) bond motifs is 1. The molecule has 0 radical (unpaired) electrons. The Bertz CT molecular complexity index is 558. The second kappa shape index (κ2) is 4.59. The van der Waals surface area contributed by atoms with Crippen molar-refractivity contribution in [2.75, 3.05) is 6.54 Å². The topological polar surface area (TPSA) is 38.9 Å². The lowest BCUT2D eigenvalue weighted by atomic mass is 9.74. The summed E-state index contributed by atoms with van der Waals surface area (Å²) in [6, 6.07) is 4.83. The summed E-state index contributed by atoms with van der Waals surface area (Å²) in [5, 5.41) is 1.10. The Balaban J connectivity index is 2.06. The van der Waals surface area contributed by atoms with E-state index in [0.29, 0.717) is 6.54 Å². The van der Waals surface area contributed by atoms with Crippen LogP contribution in [-0.2, 0) is 5.41 Å². The van der Waals surface area contributed by atoms with Crippen molar-refractivity contribution in [1.82, 2.24) is 4.98 Å². The van der Waals surface area contributed by atoms with Crippen LogP contribution in [0.25, 0.3) is 10.2 Å². The Labute approximate surface area is 110 Å². The molecule has 1 fully saturated rings. The Morgan fingerprint density at radius 1 is 1.28 bits per heavy atom. The van der Waals surface area contributed by atoms with Gasteiger partial charge in [-0.3, -0.25) is 0 Å². The van der Waals surface area contributed by atoms with E-state index in [9.17, 15) is 4.39 Å². The molecule has 0 saturated heterocycles. The molecule has 18 heavy (non-hydrogen) atoms. The summed E-state index contributed by atoms with van der Waals surface area (Å²) in [5.41, 5.74) is 6.83. The molecule has 2 N–H and O–H groups in total. The zero-order valence-electron chi connectivity index (χ0n) is 10.3. The molecule has 1 aromatic heterocycles. The largest absolute Gasteiger partial charge is 0.329 e. The molecule has 0 spiro atoms. The van der Waals surface area contributed by atoms with E-state index in [1.807, 2.05) is 6.07 Å². The highest BCUT2D eigenvalue weighted by Crippen LogP contribution is 2.41. The van der Waals surface area contributed by atoms with Crippen LogP contribution in [0.15, 0.2) is 18.2 Å². The molecule has 0 atom stereocenters. The molecule has 4 heteroatoms. The summed E-state index contributed by atoms with van der Waals surface area (Å²) in [6.07, 6.45) is 5.97. The summed E-state index contributed by atoms with van der Waals surface area (Å²) in [7, 11) is 0. The van der Waals surface area contributed by atoms with Gasteiger partial charge in [0.05, 0.1) is 10.2 Å². The minimum atomic E-state index is -0.218. The van der Waals surface area contributed by atoms with Crippen LogP contribution in [0, 0.1) is 5.82 Å². The first-order valence-electron chi connectivity index (χ1n) is 6.50. The zero-order chi connectivity index (χ0) is 12.6. The summed E-state index contributed by atoms with van der Waals surface area (Å²) < 4.78 is 14.3. The van der Waals surface area contributed by atoms with E-state index < -0.39 is 0 Å². The third-order valence-electron chi connectivity index (χ3n) is 4.00. The third-order valence-corrected chi connectivity index (χ3v) is 5.29. The first-order valence-corrected chi connectivity index (χ1v) is 7.32. The van der Waals surface area contributed by atoms with Gasteiger partial charge in [0.15, 0.2) is 0 Å². The van der Waals surface area contributed by atoms with Crippen LogP contribution in [0.5, 0.6) is 0 Å². The van der Waals surface area contributed by atoms with Crippen LogP contribution in [0.4, 0.5) is 4.39 Å². The molecule has 1 aromatic carbocycles. The molecule has 1 heterocycles. The molecule has 0 aliphatic heterocycles. The average molecular weight is 264 g/mol. The van der Waals surface area contributed by atoms with Crippen LogP contribution in [0.1, 0.15) is 37.1 Å². The number of thiazole rings is 1. The zero-order valence-corrected chi connectivity index (χ0v) is 11.1. The molecule has 0 amide bonds. The standard InChI is InChI=1S/C14H17FN2S/c15-10-4-5-12-11(8-10)17-13(18-12)14(9-16)6-2-1-3-7-14/h4-5,8H,1-3,6-7,9,16H2. The van der Waals surface area contributed by atoms with Gasteiger partial charge in [-0.15, -0.1) is 11.3 Å². The second-order valence-electron chi connectivity index (χ2n) is 5.18. The molecule has 96 valence electrons. The predicted octanol–water partition coefficient (Wildman–Crippen LogP) is 3.60. The van der Waals surface area contributed by atoms with Crippen LogP contribution >= 0.6 is 11.3 Å². The van der Waals surface area contributed by atoms with Gasteiger partial charge in [0.25, 0.3) is 0 Å². The SMILES string of the molecule is NCC1(c2nc3cc(F)ccc3s2)CCCCC1. The van der Waals surface area contributed by atoms with Gasteiger partial charge in [-0.1, -0.05) is 19.3 Å². The molecule has 2 nitrogen and oxygen atoms in total. The van der Waals surface area contributed by atoms with Gasteiger partial charge in [0.1, 0.15) is 10.8 Å². The normalized spacial score (nSPS) is 19.2. The van der Waals surface area contributed by atoms with Gasteiger partial charge in [0, 0.05) is 18.0 Å². The highest BCUT2D eigenvalue weighted by molar-refractivity contribution is 7.18. The lowest BCUT2D eigenvalue weighted by Gasteiger charge is -2.34. The van der Waals surface area contributed by atoms with Crippen molar-refractivity contribution in [3.05, 3.63) is 29.0 Å². The van der Waals surface area contributed by atoms with E-state index in [2.05, 4.69) is 4.98 Å². The minimum Gasteiger partial charge on any atom is -0.329 e. The Hall–Kier alpha value is -1.00. The Morgan fingerprint density at radius 3 is 2.78 bits per heavy atom. The molecule has 2 aromatic rings. The van der Waals surface area contributed by atoms with Crippen molar-refractivity contribution in [3.63, 3.8) is 0 Å². The van der Waals surface area contributed by atoms with Crippen molar-refractivity contribution in [3.8, 4) is 0 Å². The van der Waals surface area contributed by atoms with Gasteiger partial charge >= 0.3 is 0 Å². The number of aromatic nitrogens is 1. The summed E-state index contributed by atoms with van der Waals surface area (Å²) >= 11 is 1.68. The van der Waals surface area contributed by atoms with Gasteiger partial charge < -0.3 is 5.73 Å². The summed E-state index contributed by atoms with van der Waals surface area (Å²) in [5.74, 6) is -0.218. The van der Waals surface area contributed by atoms with E-state index in [1.165, 1.54) is 31.4 Å². The number of halogens is 1. The van der Waals surface area contributed by atoms with Gasteiger partial charge in [-0.2, -0.15) is 0 Å². The van der Waals surface area contributed by atoms with Gasteiger partial charge in [0.2, 0.25) is 0 Å². The lowest BCUT2D eigenvalue weighted by Crippen LogP contribution is -2.36. The number of hydrogen-bond acceptors (Lipinski definition) is 3. The van der Waals surface area contributed by atoms with Crippen molar-refractivity contribution in [1.29, 1.82) is 0 Å². The molecule has 1 aliphatic carbocycles. The van der Waals surface area contributed by atoms with Crippen molar-refractivity contribution >= 4 is 21.6 Å². The van der Waals surface area contributed by atoms with Gasteiger partial charge in [-0.05, 0) is 25.0 Å². The molecular weight excluding hydrogens is 247 g/mol. The fourth-order valence-corrected chi connectivity index (χ4v) is 4.06. The first-order chi connectivity index (χ1) is 8.73. The highest BCUT2D eigenvalue weighted by atomic mass is 32.1. The van der Waals surface area contributed by atoms with E-state index in [4.69, 9.17) is 5.73 Å². The average Bonchev–Trinajstić information content (AvgIpc) is 2.83.